The van der Waals surface area contributed by atoms with Gasteiger partial charge < -0.3 is 15.4 Å². The van der Waals surface area contributed by atoms with Crippen molar-refractivity contribution in [1.82, 2.24) is 10.6 Å². The average molecular weight is 270 g/mol. The summed E-state index contributed by atoms with van der Waals surface area (Å²) in [5.74, 6) is -0.324. The SMILES string of the molecule is CCC(C)C(NC(=O)C1(CC)CCNC1)C(=O)OC. The molecule has 1 rings (SSSR count). The van der Waals surface area contributed by atoms with Crippen molar-refractivity contribution in [2.24, 2.45) is 11.3 Å². The molecule has 0 radical (unpaired) electrons. The first kappa shape index (κ1) is 16.0. The number of carbonyl (C=O) groups excluding carboxylic acids is 2. The summed E-state index contributed by atoms with van der Waals surface area (Å²) in [5.41, 5.74) is -0.375. The van der Waals surface area contributed by atoms with Gasteiger partial charge in [-0.05, 0) is 25.3 Å². The normalized spacial score (nSPS) is 25.7. The van der Waals surface area contributed by atoms with Gasteiger partial charge in [-0.2, -0.15) is 0 Å². The molecule has 1 saturated heterocycles. The molecule has 1 fully saturated rings. The number of rotatable bonds is 6. The van der Waals surface area contributed by atoms with Crippen molar-refractivity contribution in [3.05, 3.63) is 0 Å². The van der Waals surface area contributed by atoms with Crippen LogP contribution in [-0.2, 0) is 14.3 Å². The maximum absolute atomic E-state index is 12.5. The first-order valence-corrected chi connectivity index (χ1v) is 7.10. The lowest BCUT2D eigenvalue weighted by Crippen LogP contribution is -2.52. The first-order chi connectivity index (χ1) is 9.00. The van der Waals surface area contributed by atoms with Gasteiger partial charge in [0.1, 0.15) is 6.04 Å². The summed E-state index contributed by atoms with van der Waals surface area (Å²) in [6.45, 7) is 7.51. The van der Waals surface area contributed by atoms with Crippen LogP contribution in [0.15, 0.2) is 0 Å². The van der Waals surface area contributed by atoms with Gasteiger partial charge in [-0.15, -0.1) is 0 Å². The number of methoxy groups -OCH3 is 1. The maximum atomic E-state index is 12.5. The van der Waals surface area contributed by atoms with Crippen LogP contribution in [-0.4, -0.2) is 38.1 Å². The molecule has 0 aromatic heterocycles. The summed E-state index contributed by atoms with van der Waals surface area (Å²) < 4.78 is 4.80. The van der Waals surface area contributed by atoms with E-state index in [1.165, 1.54) is 7.11 Å². The smallest absolute Gasteiger partial charge is 0.328 e. The second kappa shape index (κ2) is 6.89. The molecule has 5 nitrogen and oxygen atoms in total. The first-order valence-electron chi connectivity index (χ1n) is 7.10. The minimum absolute atomic E-state index is 0.0318. The molecule has 3 unspecified atom stereocenters. The Hall–Kier alpha value is -1.10. The highest BCUT2D eigenvalue weighted by atomic mass is 16.5. The third kappa shape index (κ3) is 3.47. The van der Waals surface area contributed by atoms with E-state index < -0.39 is 6.04 Å². The molecule has 0 spiro atoms. The Morgan fingerprint density at radius 1 is 1.42 bits per heavy atom. The second-order valence-electron chi connectivity index (χ2n) is 5.42. The predicted molar refractivity (Wildman–Crippen MR) is 73.6 cm³/mol. The van der Waals surface area contributed by atoms with Gasteiger partial charge in [0.15, 0.2) is 0 Å². The van der Waals surface area contributed by atoms with Crippen LogP contribution in [0.1, 0.15) is 40.0 Å². The van der Waals surface area contributed by atoms with Crippen LogP contribution in [0.2, 0.25) is 0 Å². The van der Waals surface area contributed by atoms with E-state index in [2.05, 4.69) is 10.6 Å². The molecule has 1 aliphatic rings. The Bertz CT molecular complexity index is 325. The van der Waals surface area contributed by atoms with Gasteiger partial charge in [0.2, 0.25) is 5.91 Å². The standard InChI is InChI=1S/C14H26N2O3/c1-5-10(3)11(12(17)19-4)16-13(18)14(6-2)7-8-15-9-14/h10-11,15H,5-9H2,1-4H3,(H,16,18). The quantitative estimate of drug-likeness (QED) is 0.709. The summed E-state index contributed by atoms with van der Waals surface area (Å²) in [7, 11) is 1.36. The minimum atomic E-state index is -0.550. The van der Waals surface area contributed by atoms with Gasteiger partial charge >= 0.3 is 5.97 Å². The number of ether oxygens (including phenoxy) is 1. The molecule has 3 atom stereocenters. The minimum Gasteiger partial charge on any atom is -0.467 e. The average Bonchev–Trinajstić information content (AvgIpc) is 2.92. The fourth-order valence-electron chi connectivity index (χ4n) is 2.49. The number of esters is 1. The molecule has 2 N–H and O–H groups in total. The van der Waals surface area contributed by atoms with E-state index in [-0.39, 0.29) is 23.2 Å². The summed E-state index contributed by atoms with van der Waals surface area (Å²) in [6, 6.07) is -0.550. The zero-order valence-electron chi connectivity index (χ0n) is 12.4. The van der Waals surface area contributed by atoms with Crippen molar-refractivity contribution in [1.29, 1.82) is 0 Å². The highest BCUT2D eigenvalue weighted by molar-refractivity contribution is 5.88. The van der Waals surface area contributed by atoms with Gasteiger partial charge in [-0.1, -0.05) is 27.2 Å². The lowest BCUT2D eigenvalue weighted by molar-refractivity contribution is -0.148. The fourth-order valence-corrected chi connectivity index (χ4v) is 2.49. The van der Waals surface area contributed by atoms with Crippen LogP contribution in [0.4, 0.5) is 0 Å². The van der Waals surface area contributed by atoms with E-state index in [1.807, 2.05) is 20.8 Å². The van der Waals surface area contributed by atoms with E-state index in [0.717, 1.165) is 25.8 Å². The van der Waals surface area contributed by atoms with E-state index in [9.17, 15) is 9.59 Å². The molecule has 1 aliphatic heterocycles. The Labute approximate surface area is 115 Å². The summed E-state index contributed by atoms with van der Waals surface area (Å²) in [4.78, 5) is 24.3. The molecule has 0 bridgehead atoms. The number of amides is 1. The van der Waals surface area contributed by atoms with Gasteiger partial charge in [-0.3, -0.25) is 4.79 Å². The van der Waals surface area contributed by atoms with Crippen LogP contribution in [0.5, 0.6) is 0 Å². The highest BCUT2D eigenvalue weighted by Crippen LogP contribution is 2.30. The third-order valence-corrected chi connectivity index (χ3v) is 4.36. The number of hydrogen-bond donors (Lipinski definition) is 2. The molecule has 0 saturated carbocycles. The van der Waals surface area contributed by atoms with Crippen molar-refractivity contribution in [3.8, 4) is 0 Å². The Morgan fingerprint density at radius 3 is 2.53 bits per heavy atom. The van der Waals surface area contributed by atoms with Crippen LogP contribution in [0.25, 0.3) is 0 Å². The molecular formula is C14H26N2O3. The van der Waals surface area contributed by atoms with Crippen molar-refractivity contribution < 1.29 is 14.3 Å². The molecule has 0 aromatic rings. The lowest BCUT2D eigenvalue weighted by Gasteiger charge is -2.29. The van der Waals surface area contributed by atoms with Gasteiger partial charge in [0, 0.05) is 6.54 Å². The van der Waals surface area contributed by atoms with Crippen molar-refractivity contribution >= 4 is 11.9 Å². The molecule has 1 amide bonds. The van der Waals surface area contributed by atoms with Crippen LogP contribution < -0.4 is 10.6 Å². The monoisotopic (exact) mass is 270 g/mol. The number of nitrogens with one attached hydrogen (secondary N) is 2. The zero-order chi connectivity index (χ0) is 14.5. The topological polar surface area (TPSA) is 67.4 Å². The van der Waals surface area contributed by atoms with Gasteiger partial charge in [0.05, 0.1) is 12.5 Å². The van der Waals surface area contributed by atoms with E-state index >= 15 is 0 Å². The van der Waals surface area contributed by atoms with E-state index in [0.29, 0.717) is 6.54 Å². The zero-order valence-corrected chi connectivity index (χ0v) is 12.4. The number of carbonyl (C=O) groups is 2. The summed E-state index contributed by atoms with van der Waals surface area (Å²) in [6.07, 6.45) is 2.42. The van der Waals surface area contributed by atoms with E-state index in [1.54, 1.807) is 0 Å². The molecule has 5 heteroatoms. The largest absolute Gasteiger partial charge is 0.467 e. The van der Waals surface area contributed by atoms with Crippen LogP contribution in [0.3, 0.4) is 0 Å². The molecule has 0 aliphatic carbocycles. The molecular weight excluding hydrogens is 244 g/mol. The van der Waals surface area contributed by atoms with Crippen molar-refractivity contribution in [3.63, 3.8) is 0 Å². The van der Waals surface area contributed by atoms with Gasteiger partial charge in [0.25, 0.3) is 0 Å². The predicted octanol–water partition coefficient (Wildman–Crippen LogP) is 1.08. The Balaban J connectivity index is 2.78. The highest BCUT2D eigenvalue weighted by Gasteiger charge is 2.41. The van der Waals surface area contributed by atoms with Crippen molar-refractivity contribution in [2.45, 2.75) is 46.1 Å². The second-order valence-corrected chi connectivity index (χ2v) is 5.42. The van der Waals surface area contributed by atoms with Crippen molar-refractivity contribution in [2.75, 3.05) is 20.2 Å². The van der Waals surface area contributed by atoms with Gasteiger partial charge in [-0.25, -0.2) is 4.79 Å². The summed E-state index contributed by atoms with van der Waals surface area (Å²) >= 11 is 0. The van der Waals surface area contributed by atoms with Crippen LogP contribution in [0, 0.1) is 11.3 Å². The number of hydrogen-bond acceptors (Lipinski definition) is 4. The fraction of sp³-hybridized carbons (Fsp3) is 0.857. The summed E-state index contributed by atoms with van der Waals surface area (Å²) in [5, 5.41) is 6.13. The third-order valence-electron chi connectivity index (χ3n) is 4.36. The molecule has 110 valence electrons. The Kier molecular flexibility index (Phi) is 5.79. The van der Waals surface area contributed by atoms with Crippen LogP contribution >= 0.6 is 0 Å². The molecule has 19 heavy (non-hydrogen) atoms. The van der Waals surface area contributed by atoms with E-state index in [4.69, 9.17) is 4.74 Å². The maximum Gasteiger partial charge on any atom is 0.328 e. The lowest BCUT2D eigenvalue weighted by atomic mass is 9.82. The molecule has 1 heterocycles. The Morgan fingerprint density at radius 2 is 2.11 bits per heavy atom. The molecule has 0 aromatic carbocycles.